The fourth-order valence-corrected chi connectivity index (χ4v) is 3.79. The first-order chi connectivity index (χ1) is 9.60. The van der Waals surface area contributed by atoms with E-state index >= 15 is 0 Å². The van der Waals surface area contributed by atoms with E-state index in [4.69, 9.17) is 11.6 Å². The molecule has 2 aromatic rings. The molecule has 0 amide bonds. The molecule has 0 unspecified atom stereocenters. The van der Waals surface area contributed by atoms with Crippen LogP contribution in [0.2, 0.25) is 5.02 Å². The fourth-order valence-electron chi connectivity index (χ4n) is 1.58. The first-order valence-electron chi connectivity index (χ1n) is 6.02. The predicted octanol–water partition coefficient (Wildman–Crippen LogP) is 4.43. The fraction of sp³-hybridized carbons (Fsp3) is 0.286. The molecule has 1 aromatic carbocycles. The minimum Gasteiger partial charge on any atom is -0.469 e. The zero-order valence-corrected chi connectivity index (χ0v) is 13.6. The number of thiazole rings is 1. The van der Waals surface area contributed by atoms with Gasteiger partial charge in [0.15, 0.2) is 0 Å². The largest absolute Gasteiger partial charge is 0.469 e. The number of thioether (sulfide) groups is 1. The van der Waals surface area contributed by atoms with Crippen molar-refractivity contribution in [3.63, 3.8) is 0 Å². The number of hydrogen-bond acceptors (Lipinski definition) is 5. The number of esters is 1. The van der Waals surface area contributed by atoms with Crippen LogP contribution in [0.1, 0.15) is 12.0 Å². The van der Waals surface area contributed by atoms with Crippen LogP contribution in [-0.2, 0) is 9.53 Å². The summed E-state index contributed by atoms with van der Waals surface area (Å²) in [5, 5.41) is 4.50. The van der Waals surface area contributed by atoms with Gasteiger partial charge >= 0.3 is 5.97 Å². The van der Waals surface area contributed by atoms with E-state index in [0.717, 1.165) is 21.2 Å². The van der Waals surface area contributed by atoms with Crippen LogP contribution in [0.25, 0.3) is 10.6 Å². The second kappa shape index (κ2) is 7.11. The molecule has 0 aliphatic carbocycles. The lowest BCUT2D eigenvalue weighted by atomic mass is 10.1. The molecule has 0 radical (unpaired) electrons. The van der Waals surface area contributed by atoms with Gasteiger partial charge in [0.1, 0.15) is 10.0 Å². The highest BCUT2D eigenvalue weighted by molar-refractivity contribution is 7.99. The van der Waals surface area contributed by atoms with Crippen molar-refractivity contribution in [3.05, 3.63) is 34.2 Å². The summed E-state index contributed by atoms with van der Waals surface area (Å²) in [7, 11) is 1.40. The number of nitrogens with zero attached hydrogens (tertiary/aromatic N) is 1. The van der Waals surface area contributed by atoms with Crippen molar-refractivity contribution in [2.24, 2.45) is 0 Å². The Morgan fingerprint density at radius 3 is 3.00 bits per heavy atom. The van der Waals surface area contributed by atoms with Crippen molar-refractivity contribution in [2.75, 3.05) is 12.9 Å². The van der Waals surface area contributed by atoms with Crippen LogP contribution < -0.4 is 0 Å². The lowest BCUT2D eigenvalue weighted by Gasteiger charge is -2.01. The third-order valence-electron chi connectivity index (χ3n) is 2.62. The topological polar surface area (TPSA) is 39.2 Å². The highest BCUT2D eigenvalue weighted by Crippen LogP contribution is 2.33. The number of carbonyl (C=O) groups excluding carboxylic acids is 1. The third-order valence-corrected chi connectivity index (χ3v) is 4.87. The average Bonchev–Trinajstić information content (AvgIpc) is 2.87. The molecule has 0 saturated heterocycles. The molecule has 0 atom stereocenters. The van der Waals surface area contributed by atoms with Gasteiger partial charge in [0, 0.05) is 16.7 Å². The highest BCUT2D eigenvalue weighted by Gasteiger charge is 2.09. The van der Waals surface area contributed by atoms with Gasteiger partial charge in [0.05, 0.1) is 18.6 Å². The maximum atomic E-state index is 11.0. The molecular formula is C14H14ClNO2S2. The monoisotopic (exact) mass is 327 g/mol. The summed E-state index contributed by atoms with van der Waals surface area (Å²) in [5.41, 5.74) is 2.07. The van der Waals surface area contributed by atoms with Gasteiger partial charge in [-0.3, -0.25) is 4.79 Å². The molecule has 20 heavy (non-hydrogen) atoms. The molecule has 1 aromatic heterocycles. The molecule has 1 heterocycles. The number of benzene rings is 1. The van der Waals surface area contributed by atoms with Crippen LogP contribution in [0.15, 0.2) is 28.6 Å². The molecular weight excluding hydrogens is 314 g/mol. The zero-order chi connectivity index (χ0) is 14.5. The van der Waals surface area contributed by atoms with Gasteiger partial charge in [-0.1, -0.05) is 23.7 Å². The number of methoxy groups -OCH3 is 1. The maximum absolute atomic E-state index is 11.0. The normalized spacial score (nSPS) is 10.6. The third kappa shape index (κ3) is 3.98. The number of carbonyl (C=O) groups is 1. The van der Waals surface area contributed by atoms with E-state index in [2.05, 4.69) is 9.72 Å². The average molecular weight is 328 g/mol. The molecule has 106 valence electrons. The summed E-state index contributed by atoms with van der Waals surface area (Å²) in [5.74, 6) is 0.465. The Balaban J connectivity index is 2.03. The maximum Gasteiger partial charge on any atom is 0.306 e. The first kappa shape index (κ1) is 15.4. The predicted molar refractivity (Wildman–Crippen MR) is 84.7 cm³/mol. The second-order valence-electron chi connectivity index (χ2n) is 4.15. The van der Waals surface area contributed by atoms with E-state index in [9.17, 15) is 4.79 Å². The van der Waals surface area contributed by atoms with Crippen molar-refractivity contribution in [1.29, 1.82) is 0 Å². The summed E-state index contributed by atoms with van der Waals surface area (Å²) in [6, 6.07) is 5.94. The molecule has 0 fully saturated rings. The standard InChI is InChI=1S/C14H14ClNO2S2/c1-9-3-4-10(11(15)7-9)14-16-12(8-20-14)19-6-5-13(17)18-2/h3-4,7-8H,5-6H2,1-2H3. The Morgan fingerprint density at radius 1 is 1.50 bits per heavy atom. The van der Waals surface area contributed by atoms with Crippen LogP contribution in [-0.4, -0.2) is 23.8 Å². The van der Waals surface area contributed by atoms with Crippen molar-refractivity contribution in [2.45, 2.75) is 18.4 Å². The molecule has 0 spiro atoms. The quantitative estimate of drug-likeness (QED) is 0.601. The zero-order valence-electron chi connectivity index (χ0n) is 11.2. The van der Waals surface area contributed by atoms with E-state index in [-0.39, 0.29) is 5.97 Å². The first-order valence-corrected chi connectivity index (χ1v) is 8.26. The Kier molecular flexibility index (Phi) is 5.46. The van der Waals surface area contributed by atoms with E-state index in [1.165, 1.54) is 7.11 Å². The van der Waals surface area contributed by atoms with Gasteiger partial charge in [-0.05, 0) is 18.6 Å². The Morgan fingerprint density at radius 2 is 2.30 bits per heavy atom. The number of aryl methyl sites for hydroxylation is 1. The summed E-state index contributed by atoms with van der Waals surface area (Å²) in [4.78, 5) is 15.6. The van der Waals surface area contributed by atoms with Crippen LogP contribution in [0.3, 0.4) is 0 Å². The minimum atomic E-state index is -0.200. The summed E-state index contributed by atoms with van der Waals surface area (Å²) in [6.45, 7) is 2.01. The van der Waals surface area contributed by atoms with E-state index in [1.54, 1.807) is 23.1 Å². The van der Waals surface area contributed by atoms with E-state index in [1.807, 2.05) is 30.5 Å². The van der Waals surface area contributed by atoms with Crippen molar-refractivity contribution < 1.29 is 9.53 Å². The Bertz CT molecular complexity index is 613. The molecule has 0 saturated carbocycles. The van der Waals surface area contributed by atoms with Gasteiger partial charge in [-0.15, -0.1) is 23.1 Å². The van der Waals surface area contributed by atoms with Gasteiger partial charge in [0.2, 0.25) is 0 Å². The smallest absolute Gasteiger partial charge is 0.306 e. The number of aromatic nitrogens is 1. The molecule has 0 N–H and O–H groups in total. The van der Waals surface area contributed by atoms with Crippen LogP contribution in [0.4, 0.5) is 0 Å². The van der Waals surface area contributed by atoms with Gasteiger partial charge in [0.25, 0.3) is 0 Å². The molecule has 2 rings (SSSR count). The second-order valence-corrected chi connectivity index (χ2v) is 6.53. The molecule has 0 bridgehead atoms. The Hall–Kier alpha value is -1.04. The number of hydrogen-bond donors (Lipinski definition) is 0. The lowest BCUT2D eigenvalue weighted by Crippen LogP contribution is -2.00. The number of ether oxygens (including phenoxy) is 1. The van der Waals surface area contributed by atoms with Gasteiger partial charge < -0.3 is 4.74 Å². The molecule has 0 aliphatic rings. The summed E-state index contributed by atoms with van der Waals surface area (Å²) in [6.07, 6.45) is 0.388. The lowest BCUT2D eigenvalue weighted by molar-refractivity contribution is -0.140. The summed E-state index contributed by atoms with van der Waals surface area (Å²) < 4.78 is 4.60. The number of halogens is 1. The van der Waals surface area contributed by atoms with E-state index < -0.39 is 0 Å². The van der Waals surface area contributed by atoms with Crippen molar-refractivity contribution >= 4 is 40.7 Å². The SMILES string of the molecule is COC(=O)CCSc1csc(-c2ccc(C)cc2Cl)n1. The molecule has 3 nitrogen and oxygen atoms in total. The van der Waals surface area contributed by atoms with Crippen LogP contribution in [0.5, 0.6) is 0 Å². The van der Waals surface area contributed by atoms with Gasteiger partial charge in [-0.2, -0.15) is 0 Å². The van der Waals surface area contributed by atoms with Crippen LogP contribution >= 0.6 is 34.7 Å². The summed E-state index contributed by atoms with van der Waals surface area (Å²) >= 11 is 9.34. The van der Waals surface area contributed by atoms with Crippen molar-refractivity contribution in [1.82, 2.24) is 4.98 Å². The van der Waals surface area contributed by atoms with E-state index in [0.29, 0.717) is 17.2 Å². The van der Waals surface area contributed by atoms with Crippen molar-refractivity contribution in [3.8, 4) is 10.6 Å². The highest BCUT2D eigenvalue weighted by atomic mass is 35.5. The van der Waals surface area contributed by atoms with Gasteiger partial charge in [-0.25, -0.2) is 4.98 Å². The Labute approximate surface area is 131 Å². The minimum absolute atomic E-state index is 0.200. The number of rotatable bonds is 5. The van der Waals surface area contributed by atoms with Crippen LogP contribution in [0, 0.1) is 6.92 Å². The molecule has 0 aliphatic heterocycles. The molecule has 6 heteroatoms.